The van der Waals surface area contributed by atoms with Crippen LogP contribution < -0.4 is 5.32 Å². The van der Waals surface area contributed by atoms with Crippen molar-refractivity contribution in [2.24, 2.45) is 0 Å². The number of nitrogens with one attached hydrogen (secondary N) is 1. The molecule has 0 aliphatic heterocycles. The average molecular weight is 454 g/mol. The fourth-order valence-corrected chi connectivity index (χ4v) is 4.05. The molecule has 3 aromatic heterocycles. The lowest BCUT2D eigenvalue weighted by Gasteiger charge is -2.14. The monoisotopic (exact) mass is 453 g/mol. The van der Waals surface area contributed by atoms with Crippen molar-refractivity contribution in [2.75, 3.05) is 5.75 Å². The topological polar surface area (TPSA) is 85.8 Å². The van der Waals surface area contributed by atoms with Crippen LogP contribution in [0.2, 0.25) is 5.02 Å². The third kappa shape index (κ3) is 4.65. The number of thioether (sulfide) groups is 1. The molecule has 0 saturated heterocycles. The van der Waals surface area contributed by atoms with E-state index in [0.717, 1.165) is 16.8 Å². The molecule has 0 spiro atoms. The Morgan fingerprint density at radius 1 is 1.19 bits per heavy atom. The van der Waals surface area contributed by atoms with Crippen molar-refractivity contribution in [3.63, 3.8) is 0 Å². The van der Waals surface area contributed by atoms with Gasteiger partial charge >= 0.3 is 0 Å². The molecule has 31 heavy (non-hydrogen) atoms. The van der Waals surface area contributed by atoms with Crippen molar-refractivity contribution in [3.8, 4) is 17.1 Å². The summed E-state index contributed by atoms with van der Waals surface area (Å²) in [7, 11) is 0. The smallest absolute Gasteiger partial charge is 0.231 e. The number of benzene rings is 1. The Labute approximate surface area is 188 Å². The first-order chi connectivity index (χ1) is 15.0. The Morgan fingerprint density at radius 2 is 2.00 bits per heavy atom. The van der Waals surface area contributed by atoms with Crippen molar-refractivity contribution >= 4 is 29.3 Å². The number of halogens is 1. The molecular weight excluding hydrogens is 434 g/mol. The van der Waals surface area contributed by atoms with Gasteiger partial charge in [0.2, 0.25) is 5.91 Å². The average Bonchev–Trinajstić information content (AvgIpc) is 3.45. The Balaban J connectivity index is 1.61. The molecule has 1 aromatic carbocycles. The molecule has 1 atom stereocenters. The van der Waals surface area contributed by atoms with Crippen LogP contribution in [0.15, 0.2) is 70.7 Å². The second-order valence-electron chi connectivity index (χ2n) is 6.85. The molecular formula is C22H20ClN5O2S. The van der Waals surface area contributed by atoms with E-state index in [1.807, 2.05) is 54.8 Å². The number of carbonyl (C=O) groups excluding carboxylic acids is 1. The Morgan fingerprint density at radius 3 is 2.74 bits per heavy atom. The molecule has 0 saturated carbocycles. The molecule has 0 radical (unpaired) electrons. The number of aromatic nitrogens is 4. The number of amides is 1. The van der Waals surface area contributed by atoms with E-state index in [9.17, 15) is 4.79 Å². The van der Waals surface area contributed by atoms with E-state index in [2.05, 4.69) is 20.5 Å². The highest BCUT2D eigenvalue weighted by Gasteiger charge is 2.20. The van der Waals surface area contributed by atoms with E-state index < -0.39 is 0 Å². The highest BCUT2D eigenvalue weighted by atomic mass is 35.5. The summed E-state index contributed by atoms with van der Waals surface area (Å²) in [6, 6.07) is 12.8. The number of hydrogen-bond donors (Lipinski definition) is 1. The summed E-state index contributed by atoms with van der Waals surface area (Å²) in [6.07, 6.45) is 4.99. The van der Waals surface area contributed by atoms with E-state index in [0.29, 0.717) is 21.8 Å². The van der Waals surface area contributed by atoms with Gasteiger partial charge in [-0.15, -0.1) is 10.2 Å². The van der Waals surface area contributed by atoms with Gasteiger partial charge in [-0.25, -0.2) is 0 Å². The van der Waals surface area contributed by atoms with E-state index in [1.165, 1.54) is 11.8 Å². The zero-order chi connectivity index (χ0) is 21.8. The lowest BCUT2D eigenvalue weighted by atomic mass is 10.2. The van der Waals surface area contributed by atoms with Crippen LogP contribution in [0, 0.1) is 6.92 Å². The van der Waals surface area contributed by atoms with Crippen LogP contribution in [0.3, 0.4) is 0 Å². The standard InChI is InChI=1S/C22H20ClN5O2S/c1-14-17(23)5-3-6-18(14)28-21(16-8-10-24-11-9-16)26-27-22(28)31-13-20(29)25-15(2)19-7-4-12-30-19/h3-12,15H,13H2,1-2H3,(H,25,29). The van der Waals surface area contributed by atoms with Crippen LogP contribution in [0.5, 0.6) is 0 Å². The molecule has 0 bridgehead atoms. The molecule has 1 unspecified atom stereocenters. The zero-order valence-corrected chi connectivity index (χ0v) is 18.5. The number of hydrogen-bond acceptors (Lipinski definition) is 6. The maximum absolute atomic E-state index is 12.5. The van der Waals surface area contributed by atoms with Crippen molar-refractivity contribution < 1.29 is 9.21 Å². The second kappa shape index (κ2) is 9.36. The predicted octanol–water partition coefficient (Wildman–Crippen LogP) is 4.85. The van der Waals surface area contributed by atoms with Crippen molar-refractivity contribution in [1.29, 1.82) is 0 Å². The van der Waals surface area contributed by atoms with Gasteiger partial charge in [0.15, 0.2) is 11.0 Å². The van der Waals surface area contributed by atoms with Gasteiger partial charge in [-0.05, 0) is 55.8 Å². The van der Waals surface area contributed by atoms with Crippen LogP contribution in [-0.2, 0) is 4.79 Å². The van der Waals surface area contributed by atoms with Gasteiger partial charge in [-0.1, -0.05) is 29.4 Å². The van der Waals surface area contributed by atoms with Gasteiger partial charge in [0.1, 0.15) is 5.76 Å². The third-order valence-electron chi connectivity index (χ3n) is 4.73. The highest BCUT2D eigenvalue weighted by Crippen LogP contribution is 2.31. The summed E-state index contributed by atoms with van der Waals surface area (Å²) in [5, 5.41) is 12.9. The number of carbonyl (C=O) groups is 1. The van der Waals surface area contributed by atoms with Gasteiger partial charge in [0.05, 0.1) is 23.7 Å². The van der Waals surface area contributed by atoms with Crippen molar-refractivity contribution in [3.05, 3.63) is 77.5 Å². The summed E-state index contributed by atoms with van der Waals surface area (Å²) >= 11 is 7.68. The molecule has 0 aliphatic rings. The number of pyridine rings is 1. The van der Waals surface area contributed by atoms with E-state index in [-0.39, 0.29) is 17.7 Å². The lowest BCUT2D eigenvalue weighted by Crippen LogP contribution is -2.28. The van der Waals surface area contributed by atoms with Crippen molar-refractivity contribution in [2.45, 2.75) is 25.0 Å². The maximum atomic E-state index is 12.5. The minimum absolute atomic E-state index is 0.128. The maximum Gasteiger partial charge on any atom is 0.231 e. The fourth-order valence-electron chi connectivity index (χ4n) is 3.13. The SMILES string of the molecule is Cc1c(Cl)cccc1-n1c(SCC(=O)NC(C)c2ccco2)nnc1-c1ccncc1. The summed E-state index contributed by atoms with van der Waals surface area (Å²) in [6.45, 7) is 3.82. The van der Waals surface area contributed by atoms with Crippen molar-refractivity contribution in [1.82, 2.24) is 25.1 Å². The molecule has 4 rings (SSSR count). The van der Waals surface area contributed by atoms with Gasteiger partial charge in [0.25, 0.3) is 0 Å². The third-order valence-corrected chi connectivity index (χ3v) is 6.07. The number of rotatable bonds is 7. The minimum atomic E-state index is -0.219. The summed E-state index contributed by atoms with van der Waals surface area (Å²) < 4.78 is 7.27. The molecule has 4 aromatic rings. The molecule has 3 heterocycles. The zero-order valence-electron chi connectivity index (χ0n) is 16.9. The summed E-state index contributed by atoms with van der Waals surface area (Å²) in [5.74, 6) is 1.41. The quantitative estimate of drug-likeness (QED) is 0.402. The number of nitrogens with zero attached hydrogens (tertiary/aromatic N) is 4. The minimum Gasteiger partial charge on any atom is -0.467 e. The first-order valence-corrected chi connectivity index (χ1v) is 11.0. The molecule has 0 aliphatic carbocycles. The first-order valence-electron chi connectivity index (χ1n) is 9.61. The van der Waals surface area contributed by atoms with Crippen LogP contribution in [0.4, 0.5) is 0 Å². The Kier molecular flexibility index (Phi) is 6.39. The van der Waals surface area contributed by atoms with E-state index in [1.54, 1.807) is 24.7 Å². The Bertz CT molecular complexity index is 1180. The van der Waals surface area contributed by atoms with Crippen LogP contribution in [0.1, 0.15) is 24.3 Å². The molecule has 158 valence electrons. The Hall–Kier alpha value is -3.10. The van der Waals surface area contributed by atoms with Gasteiger partial charge in [-0.3, -0.25) is 14.3 Å². The predicted molar refractivity (Wildman–Crippen MR) is 120 cm³/mol. The van der Waals surface area contributed by atoms with Gasteiger partial charge in [-0.2, -0.15) is 0 Å². The van der Waals surface area contributed by atoms with Crippen LogP contribution >= 0.6 is 23.4 Å². The van der Waals surface area contributed by atoms with Crippen LogP contribution in [0.25, 0.3) is 17.1 Å². The molecule has 9 heteroatoms. The fraction of sp³-hybridized carbons (Fsp3) is 0.182. The highest BCUT2D eigenvalue weighted by molar-refractivity contribution is 7.99. The molecule has 0 fully saturated rings. The molecule has 1 N–H and O–H groups in total. The number of furan rings is 1. The normalized spacial score (nSPS) is 12.0. The van der Waals surface area contributed by atoms with E-state index >= 15 is 0 Å². The van der Waals surface area contributed by atoms with Gasteiger partial charge < -0.3 is 9.73 Å². The lowest BCUT2D eigenvalue weighted by molar-refractivity contribution is -0.119. The molecule has 1 amide bonds. The largest absolute Gasteiger partial charge is 0.467 e. The van der Waals surface area contributed by atoms with Crippen LogP contribution in [-0.4, -0.2) is 31.4 Å². The van der Waals surface area contributed by atoms with Gasteiger partial charge in [0, 0.05) is 23.0 Å². The summed E-state index contributed by atoms with van der Waals surface area (Å²) in [4.78, 5) is 16.6. The molecule has 7 nitrogen and oxygen atoms in total. The first kappa shape index (κ1) is 21.1. The second-order valence-corrected chi connectivity index (χ2v) is 8.20. The summed E-state index contributed by atoms with van der Waals surface area (Å²) in [5.41, 5.74) is 2.62. The van der Waals surface area contributed by atoms with E-state index in [4.69, 9.17) is 16.0 Å².